The Morgan fingerprint density at radius 2 is 1.84 bits per heavy atom. The Hall–Kier alpha value is -1.81. The minimum atomic E-state index is 0.682. The summed E-state index contributed by atoms with van der Waals surface area (Å²) < 4.78 is 0. The van der Waals surface area contributed by atoms with E-state index in [-0.39, 0.29) is 0 Å². The molecule has 0 unspecified atom stereocenters. The minimum absolute atomic E-state index is 0.682. The van der Waals surface area contributed by atoms with Gasteiger partial charge in [-0.2, -0.15) is 0 Å². The van der Waals surface area contributed by atoms with E-state index in [1.54, 1.807) is 0 Å². The first-order chi connectivity index (χ1) is 9.08. The average molecular weight is 277 g/mol. The van der Waals surface area contributed by atoms with Crippen molar-refractivity contribution < 1.29 is 0 Å². The molecule has 0 aliphatic heterocycles. The second-order valence-electron chi connectivity index (χ2n) is 4.32. The first kappa shape index (κ1) is 13.6. The molecule has 2 aromatic rings. The number of benzene rings is 1. The third-order valence-corrected chi connectivity index (χ3v) is 2.90. The van der Waals surface area contributed by atoms with Crippen molar-refractivity contribution in [1.29, 1.82) is 0 Å². The molecule has 0 spiro atoms. The van der Waals surface area contributed by atoms with Crippen molar-refractivity contribution in [2.45, 2.75) is 20.8 Å². The van der Waals surface area contributed by atoms with E-state index >= 15 is 0 Å². The van der Waals surface area contributed by atoms with Gasteiger partial charge < -0.3 is 10.6 Å². The van der Waals surface area contributed by atoms with Gasteiger partial charge in [-0.05, 0) is 38.5 Å². The molecule has 19 heavy (non-hydrogen) atoms. The zero-order chi connectivity index (χ0) is 13.8. The third kappa shape index (κ3) is 3.58. The molecule has 0 fully saturated rings. The molecule has 0 bridgehead atoms. The maximum absolute atomic E-state index is 6.20. The Balaban J connectivity index is 2.27. The fourth-order valence-electron chi connectivity index (χ4n) is 1.76. The fourth-order valence-corrected chi connectivity index (χ4v) is 2.05. The number of hydrogen-bond donors (Lipinski definition) is 2. The highest BCUT2D eigenvalue weighted by Crippen LogP contribution is 2.26. The maximum Gasteiger partial charge on any atom is 0.136 e. The monoisotopic (exact) mass is 276 g/mol. The topological polar surface area (TPSA) is 49.8 Å². The molecule has 0 amide bonds. The number of aryl methyl sites for hydroxylation is 2. The van der Waals surface area contributed by atoms with Crippen LogP contribution in [0.3, 0.4) is 0 Å². The molecule has 0 saturated heterocycles. The molecule has 0 radical (unpaired) electrons. The van der Waals surface area contributed by atoms with Crippen LogP contribution in [-0.4, -0.2) is 16.5 Å². The van der Waals surface area contributed by atoms with Gasteiger partial charge in [-0.3, -0.25) is 0 Å². The quantitative estimate of drug-likeness (QED) is 0.889. The summed E-state index contributed by atoms with van der Waals surface area (Å²) in [5, 5.41) is 7.07. The molecule has 100 valence electrons. The summed E-state index contributed by atoms with van der Waals surface area (Å²) >= 11 is 6.20. The number of anilines is 3. The van der Waals surface area contributed by atoms with Crippen LogP contribution in [0, 0.1) is 13.8 Å². The van der Waals surface area contributed by atoms with Crippen LogP contribution >= 0.6 is 11.6 Å². The van der Waals surface area contributed by atoms with E-state index in [0.717, 1.165) is 29.4 Å². The SMILES string of the molecule is CCNc1cc(Nc2ccc(C)cc2Cl)nc(C)n1. The predicted octanol–water partition coefficient (Wildman–Crippen LogP) is 3.92. The molecular weight excluding hydrogens is 260 g/mol. The van der Waals surface area contributed by atoms with Crippen LogP contribution in [0.2, 0.25) is 5.02 Å². The molecule has 0 aliphatic rings. The highest BCUT2D eigenvalue weighted by Gasteiger charge is 2.04. The lowest BCUT2D eigenvalue weighted by Crippen LogP contribution is -2.04. The maximum atomic E-state index is 6.20. The molecular formula is C14H17ClN4. The smallest absolute Gasteiger partial charge is 0.136 e. The minimum Gasteiger partial charge on any atom is -0.370 e. The van der Waals surface area contributed by atoms with Crippen molar-refractivity contribution in [2.24, 2.45) is 0 Å². The lowest BCUT2D eigenvalue weighted by atomic mass is 10.2. The van der Waals surface area contributed by atoms with Crippen LogP contribution in [0.25, 0.3) is 0 Å². The van der Waals surface area contributed by atoms with Crippen LogP contribution in [0.15, 0.2) is 24.3 Å². The predicted molar refractivity (Wildman–Crippen MR) is 80.4 cm³/mol. The van der Waals surface area contributed by atoms with E-state index in [1.807, 2.05) is 45.0 Å². The van der Waals surface area contributed by atoms with Crippen molar-refractivity contribution >= 4 is 28.9 Å². The van der Waals surface area contributed by atoms with Crippen LogP contribution in [0.5, 0.6) is 0 Å². The van der Waals surface area contributed by atoms with Gasteiger partial charge in [0.05, 0.1) is 10.7 Å². The zero-order valence-electron chi connectivity index (χ0n) is 11.3. The Morgan fingerprint density at radius 1 is 1.11 bits per heavy atom. The van der Waals surface area contributed by atoms with Gasteiger partial charge in [0.25, 0.3) is 0 Å². The van der Waals surface area contributed by atoms with Gasteiger partial charge in [0.1, 0.15) is 17.5 Å². The van der Waals surface area contributed by atoms with E-state index < -0.39 is 0 Å². The first-order valence-corrected chi connectivity index (χ1v) is 6.59. The van der Waals surface area contributed by atoms with Crippen molar-refractivity contribution in [3.8, 4) is 0 Å². The van der Waals surface area contributed by atoms with Gasteiger partial charge in [0.15, 0.2) is 0 Å². The van der Waals surface area contributed by atoms with E-state index in [4.69, 9.17) is 11.6 Å². The molecule has 4 nitrogen and oxygen atoms in total. The van der Waals surface area contributed by atoms with Crippen molar-refractivity contribution in [3.63, 3.8) is 0 Å². The summed E-state index contributed by atoms with van der Waals surface area (Å²) in [6, 6.07) is 7.74. The van der Waals surface area contributed by atoms with Gasteiger partial charge in [-0.1, -0.05) is 17.7 Å². The number of rotatable bonds is 4. The molecule has 1 aromatic carbocycles. The summed E-state index contributed by atoms with van der Waals surface area (Å²) in [6.07, 6.45) is 0. The largest absolute Gasteiger partial charge is 0.370 e. The molecule has 1 aromatic heterocycles. The van der Waals surface area contributed by atoms with E-state index in [2.05, 4.69) is 20.6 Å². The lowest BCUT2D eigenvalue weighted by molar-refractivity contribution is 1.04. The summed E-state index contributed by atoms with van der Waals surface area (Å²) in [4.78, 5) is 8.66. The van der Waals surface area contributed by atoms with E-state index in [9.17, 15) is 0 Å². The van der Waals surface area contributed by atoms with Crippen LogP contribution in [-0.2, 0) is 0 Å². The summed E-state index contributed by atoms with van der Waals surface area (Å²) in [6.45, 7) is 6.72. The molecule has 0 aliphatic carbocycles. The number of aromatic nitrogens is 2. The number of nitrogens with zero attached hydrogens (tertiary/aromatic N) is 2. The van der Waals surface area contributed by atoms with Gasteiger partial charge in [0, 0.05) is 12.6 Å². The second kappa shape index (κ2) is 5.89. The highest BCUT2D eigenvalue weighted by atomic mass is 35.5. The van der Waals surface area contributed by atoms with E-state index in [0.29, 0.717) is 10.8 Å². The number of nitrogens with one attached hydrogen (secondary N) is 2. The fraction of sp³-hybridized carbons (Fsp3) is 0.286. The standard InChI is InChI=1S/C14H17ClN4/c1-4-16-13-8-14(18-10(3)17-13)19-12-6-5-9(2)7-11(12)15/h5-8H,4H2,1-3H3,(H2,16,17,18,19). The normalized spacial score (nSPS) is 10.3. The van der Waals surface area contributed by atoms with Crippen molar-refractivity contribution in [2.75, 3.05) is 17.2 Å². The van der Waals surface area contributed by atoms with Gasteiger partial charge >= 0.3 is 0 Å². The summed E-state index contributed by atoms with van der Waals surface area (Å²) in [7, 11) is 0. The summed E-state index contributed by atoms with van der Waals surface area (Å²) in [5.74, 6) is 2.25. The molecule has 2 N–H and O–H groups in total. The highest BCUT2D eigenvalue weighted by molar-refractivity contribution is 6.33. The van der Waals surface area contributed by atoms with Crippen LogP contribution in [0.4, 0.5) is 17.3 Å². The average Bonchev–Trinajstić information content (AvgIpc) is 2.32. The van der Waals surface area contributed by atoms with Gasteiger partial charge in [-0.25, -0.2) is 9.97 Å². The first-order valence-electron chi connectivity index (χ1n) is 6.21. The Morgan fingerprint density at radius 3 is 2.53 bits per heavy atom. The zero-order valence-corrected chi connectivity index (χ0v) is 12.0. The summed E-state index contributed by atoms with van der Waals surface area (Å²) in [5.41, 5.74) is 1.97. The molecule has 2 rings (SSSR count). The van der Waals surface area contributed by atoms with Gasteiger partial charge in [0.2, 0.25) is 0 Å². The van der Waals surface area contributed by atoms with Crippen molar-refractivity contribution in [3.05, 3.63) is 40.7 Å². The van der Waals surface area contributed by atoms with E-state index in [1.165, 1.54) is 0 Å². The molecule has 0 atom stereocenters. The van der Waals surface area contributed by atoms with Gasteiger partial charge in [-0.15, -0.1) is 0 Å². The van der Waals surface area contributed by atoms with Crippen LogP contribution < -0.4 is 10.6 Å². The molecule has 1 heterocycles. The number of halogens is 1. The molecule has 0 saturated carbocycles. The Bertz CT molecular complexity index is 584. The Kier molecular flexibility index (Phi) is 4.22. The number of hydrogen-bond acceptors (Lipinski definition) is 4. The van der Waals surface area contributed by atoms with Crippen molar-refractivity contribution in [1.82, 2.24) is 9.97 Å². The lowest BCUT2D eigenvalue weighted by Gasteiger charge is -2.10. The molecule has 5 heteroatoms. The second-order valence-corrected chi connectivity index (χ2v) is 4.73. The third-order valence-electron chi connectivity index (χ3n) is 2.58. The Labute approximate surface area is 118 Å². The van der Waals surface area contributed by atoms with Crippen LogP contribution in [0.1, 0.15) is 18.3 Å².